The van der Waals surface area contributed by atoms with Crippen molar-refractivity contribution in [1.82, 2.24) is 15.0 Å². The van der Waals surface area contributed by atoms with Gasteiger partial charge in [-0.3, -0.25) is 0 Å². The quantitative estimate of drug-likeness (QED) is 0.667. The number of nitrogens with one attached hydrogen (secondary N) is 2. The highest BCUT2D eigenvalue weighted by Gasteiger charge is 2.22. The van der Waals surface area contributed by atoms with Crippen molar-refractivity contribution < 1.29 is 0 Å². The number of hydrogen-bond donors (Lipinski definition) is 2. The largest absolute Gasteiger partial charge is 0.361 e. The van der Waals surface area contributed by atoms with Gasteiger partial charge in [-0.2, -0.15) is 4.98 Å². The van der Waals surface area contributed by atoms with Crippen LogP contribution in [-0.2, 0) is 6.42 Å². The van der Waals surface area contributed by atoms with Gasteiger partial charge in [-0.1, -0.05) is 25.1 Å². The minimum Gasteiger partial charge on any atom is -0.361 e. The highest BCUT2D eigenvalue weighted by atomic mass is 15.2. The molecule has 1 aromatic carbocycles. The van der Waals surface area contributed by atoms with Crippen LogP contribution in [-0.4, -0.2) is 34.1 Å². The number of piperidine rings is 1. The number of rotatable bonds is 6. The van der Waals surface area contributed by atoms with Gasteiger partial charge in [0.15, 0.2) is 0 Å². The first-order chi connectivity index (χ1) is 13.2. The Kier molecular flexibility index (Phi) is 5.28. The van der Waals surface area contributed by atoms with E-state index < -0.39 is 0 Å². The molecule has 1 aliphatic heterocycles. The summed E-state index contributed by atoms with van der Waals surface area (Å²) in [4.78, 5) is 15.3. The molecule has 0 radical (unpaired) electrons. The Morgan fingerprint density at radius 2 is 2.11 bits per heavy atom. The van der Waals surface area contributed by atoms with Gasteiger partial charge in [0.2, 0.25) is 5.95 Å². The molecule has 3 heterocycles. The number of aryl methyl sites for hydroxylation is 1. The first-order valence-electron chi connectivity index (χ1n) is 10.2. The minimum absolute atomic E-state index is 0.604. The zero-order chi connectivity index (χ0) is 18.6. The monoisotopic (exact) mass is 363 g/mol. The van der Waals surface area contributed by atoms with Crippen LogP contribution in [0, 0.1) is 6.92 Å². The van der Waals surface area contributed by atoms with E-state index in [2.05, 4.69) is 70.6 Å². The maximum Gasteiger partial charge on any atom is 0.224 e. The van der Waals surface area contributed by atoms with Gasteiger partial charge in [-0.25, -0.2) is 4.98 Å². The van der Waals surface area contributed by atoms with E-state index in [1.54, 1.807) is 0 Å². The number of para-hydroxylation sites is 1. The van der Waals surface area contributed by atoms with E-state index in [-0.39, 0.29) is 0 Å². The third-order valence-corrected chi connectivity index (χ3v) is 5.59. The van der Waals surface area contributed by atoms with Gasteiger partial charge in [-0.05, 0) is 50.7 Å². The lowest BCUT2D eigenvalue weighted by molar-refractivity contribution is 0.446. The van der Waals surface area contributed by atoms with E-state index in [1.807, 2.05) is 0 Å². The Bertz CT molecular complexity index is 901. The molecule has 2 N–H and O–H groups in total. The molecule has 1 fully saturated rings. The van der Waals surface area contributed by atoms with Gasteiger partial charge in [0, 0.05) is 48.0 Å². The molecular weight excluding hydrogens is 334 g/mol. The second kappa shape index (κ2) is 7.99. The lowest BCUT2D eigenvalue weighted by Gasteiger charge is -2.36. The van der Waals surface area contributed by atoms with Crippen LogP contribution in [0.25, 0.3) is 10.9 Å². The van der Waals surface area contributed by atoms with E-state index in [1.165, 1.54) is 42.1 Å². The fraction of sp³-hybridized carbons (Fsp3) is 0.455. The molecule has 3 aromatic rings. The molecule has 1 saturated heterocycles. The van der Waals surface area contributed by atoms with Gasteiger partial charge in [-0.15, -0.1) is 0 Å². The van der Waals surface area contributed by atoms with Crippen LogP contribution in [0.1, 0.15) is 43.9 Å². The number of fused-ring (bicyclic) bond motifs is 1. The average molecular weight is 364 g/mol. The summed E-state index contributed by atoms with van der Waals surface area (Å²) in [6.07, 6.45) is 8.07. The molecule has 4 rings (SSSR count). The zero-order valence-electron chi connectivity index (χ0n) is 16.3. The highest BCUT2D eigenvalue weighted by Crippen LogP contribution is 2.26. The van der Waals surface area contributed by atoms with Crippen LogP contribution >= 0.6 is 0 Å². The smallest absolute Gasteiger partial charge is 0.224 e. The van der Waals surface area contributed by atoms with Crippen LogP contribution in [0.2, 0.25) is 0 Å². The van der Waals surface area contributed by atoms with Crippen LogP contribution in [0.4, 0.5) is 11.8 Å². The number of H-pyrrole nitrogens is 1. The molecule has 142 valence electrons. The number of hydrogen-bond acceptors (Lipinski definition) is 4. The van der Waals surface area contributed by atoms with Crippen molar-refractivity contribution in [1.29, 1.82) is 0 Å². The summed E-state index contributed by atoms with van der Waals surface area (Å²) in [6, 6.07) is 11.2. The third kappa shape index (κ3) is 3.92. The predicted molar refractivity (Wildman–Crippen MR) is 113 cm³/mol. The number of aromatic nitrogens is 3. The van der Waals surface area contributed by atoms with Crippen molar-refractivity contribution in [2.24, 2.45) is 0 Å². The van der Waals surface area contributed by atoms with Gasteiger partial charge in [0.25, 0.3) is 0 Å². The fourth-order valence-electron chi connectivity index (χ4n) is 4.15. The molecule has 2 aromatic heterocycles. The van der Waals surface area contributed by atoms with Crippen LogP contribution in [0.15, 0.2) is 36.5 Å². The summed E-state index contributed by atoms with van der Waals surface area (Å²) in [5.74, 6) is 1.81. The fourth-order valence-corrected chi connectivity index (χ4v) is 4.15. The van der Waals surface area contributed by atoms with Crippen molar-refractivity contribution in [2.45, 2.75) is 52.0 Å². The Balaban J connectivity index is 1.45. The van der Waals surface area contributed by atoms with Crippen molar-refractivity contribution in [2.75, 3.05) is 23.3 Å². The van der Waals surface area contributed by atoms with Crippen molar-refractivity contribution in [3.63, 3.8) is 0 Å². The Morgan fingerprint density at radius 1 is 1.22 bits per heavy atom. The van der Waals surface area contributed by atoms with Gasteiger partial charge < -0.3 is 15.2 Å². The SMILES string of the molecule is CCC1CCCCN1c1cc(C)nc(NCCc2c[nH]c3ccccc23)n1. The second-order valence-corrected chi connectivity index (χ2v) is 7.48. The summed E-state index contributed by atoms with van der Waals surface area (Å²) in [5, 5.41) is 4.73. The standard InChI is InChI=1S/C22H29N5/c1-3-18-8-6-7-13-27(18)21-14-16(2)25-22(26-21)23-12-11-17-15-24-20-10-5-4-9-19(17)20/h4-5,9-10,14-15,18,24H,3,6-8,11-13H2,1-2H3,(H,23,25,26). The summed E-state index contributed by atoms with van der Waals surface area (Å²) < 4.78 is 0. The van der Waals surface area contributed by atoms with Crippen molar-refractivity contribution >= 4 is 22.7 Å². The summed E-state index contributed by atoms with van der Waals surface area (Å²) in [7, 11) is 0. The van der Waals surface area contributed by atoms with Crippen molar-refractivity contribution in [3.05, 3.63) is 47.8 Å². The van der Waals surface area contributed by atoms with E-state index in [4.69, 9.17) is 4.98 Å². The van der Waals surface area contributed by atoms with Crippen LogP contribution in [0.3, 0.4) is 0 Å². The molecule has 0 saturated carbocycles. The second-order valence-electron chi connectivity index (χ2n) is 7.48. The zero-order valence-corrected chi connectivity index (χ0v) is 16.3. The number of nitrogens with zero attached hydrogens (tertiary/aromatic N) is 3. The molecule has 5 heteroatoms. The highest BCUT2D eigenvalue weighted by molar-refractivity contribution is 5.83. The lowest BCUT2D eigenvalue weighted by Crippen LogP contribution is -2.39. The van der Waals surface area contributed by atoms with E-state index in [0.717, 1.165) is 37.0 Å². The lowest BCUT2D eigenvalue weighted by atomic mass is 10.00. The van der Waals surface area contributed by atoms with Gasteiger partial charge in [0.1, 0.15) is 5.82 Å². The molecule has 5 nitrogen and oxygen atoms in total. The van der Waals surface area contributed by atoms with E-state index >= 15 is 0 Å². The summed E-state index contributed by atoms with van der Waals surface area (Å²) >= 11 is 0. The average Bonchev–Trinajstić information content (AvgIpc) is 3.11. The van der Waals surface area contributed by atoms with E-state index in [0.29, 0.717) is 6.04 Å². The van der Waals surface area contributed by atoms with Crippen LogP contribution in [0.5, 0.6) is 0 Å². The number of anilines is 2. The molecule has 0 bridgehead atoms. The normalized spacial score (nSPS) is 17.4. The molecular formula is C22H29N5. The van der Waals surface area contributed by atoms with Crippen LogP contribution < -0.4 is 10.2 Å². The molecule has 1 unspecified atom stereocenters. The van der Waals surface area contributed by atoms with Crippen molar-refractivity contribution in [3.8, 4) is 0 Å². The molecule has 1 aliphatic rings. The minimum atomic E-state index is 0.604. The van der Waals surface area contributed by atoms with E-state index in [9.17, 15) is 0 Å². The number of benzene rings is 1. The maximum absolute atomic E-state index is 4.83. The maximum atomic E-state index is 4.83. The summed E-state index contributed by atoms with van der Waals surface area (Å²) in [5.41, 5.74) is 3.54. The molecule has 0 spiro atoms. The number of aromatic amines is 1. The summed E-state index contributed by atoms with van der Waals surface area (Å²) in [6.45, 7) is 6.25. The third-order valence-electron chi connectivity index (χ3n) is 5.59. The van der Waals surface area contributed by atoms with Gasteiger partial charge >= 0.3 is 0 Å². The predicted octanol–water partition coefficient (Wildman–Crippen LogP) is 4.69. The molecule has 1 atom stereocenters. The first-order valence-corrected chi connectivity index (χ1v) is 10.2. The Morgan fingerprint density at radius 3 is 3.00 bits per heavy atom. The molecule has 0 amide bonds. The van der Waals surface area contributed by atoms with Gasteiger partial charge in [0.05, 0.1) is 0 Å². The molecule has 0 aliphatic carbocycles. The Hall–Kier alpha value is -2.56. The first kappa shape index (κ1) is 17.8. The topological polar surface area (TPSA) is 56.8 Å². The Labute approximate surface area is 161 Å². The molecule has 27 heavy (non-hydrogen) atoms.